The third-order valence-corrected chi connectivity index (χ3v) is 9.65. The van der Waals surface area contributed by atoms with Crippen molar-refractivity contribution in [1.82, 2.24) is 0 Å². The summed E-state index contributed by atoms with van der Waals surface area (Å²) in [5.41, 5.74) is 1.93. The minimum atomic E-state index is -1.69. The lowest BCUT2D eigenvalue weighted by molar-refractivity contribution is 0.263. The summed E-state index contributed by atoms with van der Waals surface area (Å²) in [5, 5.41) is 9.17. The highest BCUT2D eigenvalue weighted by Gasteiger charge is 2.38. The van der Waals surface area contributed by atoms with E-state index in [1.54, 1.807) is 0 Å². The fourth-order valence-electron chi connectivity index (χ4n) is 2.60. The van der Waals surface area contributed by atoms with Crippen molar-refractivity contribution in [3.63, 3.8) is 0 Å². The molecule has 1 aromatic carbocycles. The molecule has 1 heterocycles. The van der Waals surface area contributed by atoms with Crippen LogP contribution in [0.1, 0.15) is 39.2 Å². The lowest BCUT2D eigenvalue weighted by Crippen LogP contribution is -2.44. The van der Waals surface area contributed by atoms with Crippen LogP contribution in [0.4, 0.5) is 5.69 Å². The van der Waals surface area contributed by atoms with E-state index in [9.17, 15) is 0 Å². The van der Waals surface area contributed by atoms with Crippen molar-refractivity contribution in [2.75, 3.05) is 18.1 Å². The van der Waals surface area contributed by atoms with E-state index in [1.165, 1.54) is 18.5 Å². The predicted molar refractivity (Wildman–Crippen MR) is 94.7 cm³/mol. The number of anilines is 1. The van der Waals surface area contributed by atoms with E-state index < -0.39 is 8.32 Å². The fraction of sp³-hybridized carbons (Fsp3) is 0.611. The Labute approximate surface area is 136 Å². The average molecular weight is 317 g/mol. The Morgan fingerprint density at radius 2 is 1.91 bits per heavy atom. The molecule has 1 fully saturated rings. The molecule has 120 valence electrons. The molecule has 0 unspecified atom stereocenters. The number of hydrogen-bond donors (Lipinski definition) is 0. The minimum absolute atomic E-state index is 0.255. The van der Waals surface area contributed by atoms with E-state index in [-0.39, 0.29) is 5.04 Å². The van der Waals surface area contributed by atoms with Crippen molar-refractivity contribution in [1.29, 1.82) is 5.26 Å². The van der Waals surface area contributed by atoms with Crippen LogP contribution in [0.3, 0.4) is 0 Å². The highest BCUT2D eigenvalue weighted by Crippen LogP contribution is 2.37. The Hall–Kier alpha value is -1.31. The molecule has 1 aliphatic heterocycles. The van der Waals surface area contributed by atoms with Crippen molar-refractivity contribution >= 4 is 14.0 Å². The zero-order chi connectivity index (χ0) is 16.4. The van der Waals surface area contributed by atoms with Crippen LogP contribution in [0.15, 0.2) is 24.3 Å². The van der Waals surface area contributed by atoms with Crippen LogP contribution in [-0.2, 0) is 4.43 Å². The van der Waals surface area contributed by atoms with Gasteiger partial charge in [-0.25, -0.2) is 0 Å². The quantitative estimate of drug-likeness (QED) is 0.765. The van der Waals surface area contributed by atoms with Crippen LogP contribution in [0.5, 0.6) is 0 Å². The molecule has 1 aliphatic rings. The first-order valence-electron chi connectivity index (χ1n) is 8.15. The average Bonchev–Trinajstić information content (AvgIpc) is 2.92. The van der Waals surface area contributed by atoms with E-state index in [0.29, 0.717) is 6.04 Å². The normalized spacial score (nSPS) is 19.3. The third kappa shape index (κ3) is 3.71. The monoisotopic (exact) mass is 316 g/mol. The summed E-state index contributed by atoms with van der Waals surface area (Å²) in [5.74, 6) is 0. The molecular weight excluding hydrogens is 288 g/mol. The molecule has 0 aromatic heterocycles. The Morgan fingerprint density at radius 3 is 2.45 bits per heavy atom. The van der Waals surface area contributed by atoms with Gasteiger partial charge in [0, 0.05) is 12.2 Å². The molecule has 0 saturated carbocycles. The molecular formula is C18H28N2OSi. The number of nitrogens with zero attached hydrogens (tertiary/aromatic N) is 2. The second-order valence-corrected chi connectivity index (χ2v) is 12.5. The number of rotatable bonds is 4. The second-order valence-electron chi connectivity index (χ2n) is 7.72. The largest absolute Gasteiger partial charge is 0.415 e. The zero-order valence-corrected chi connectivity index (χ0v) is 15.5. The van der Waals surface area contributed by atoms with Gasteiger partial charge in [-0.3, -0.25) is 0 Å². The van der Waals surface area contributed by atoms with Gasteiger partial charge in [0.2, 0.25) is 0 Å². The van der Waals surface area contributed by atoms with Gasteiger partial charge in [0.05, 0.1) is 24.3 Å². The molecule has 0 radical (unpaired) electrons. The Morgan fingerprint density at radius 1 is 1.27 bits per heavy atom. The van der Waals surface area contributed by atoms with E-state index in [4.69, 9.17) is 9.69 Å². The smallest absolute Gasteiger partial charge is 0.192 e. The van der Waals surface area contributed by atoms with Crippen molar-refractivity contribution in [3.05, 3.63) is 29.8 Å². The van der Waals surface area contributed by atoms with Crippen molar-refractivity contribution < 1.29 is 4.43 Å². The van der Waals surface area contributed by atoms with Gasteiger partial charge in [-0.1, -0.05) is 20.8 Å². The summed E-state index contributed by atoms with van der Waals surface area (Å²) >= 11 is 0. The lowest BCUT2D eigenvalue weighted by atomic mass is 10.2. The van der Waals surface area contributed by atoms with Gasteiger partial charge in [-0.2, -0.15) is 5.26 Å². The lowest BCUT2D eigenvalue weighted by Gasteiger charge is -2.38. The van der Waals surface area contributed by atoms with Gasteiger partial charge in [0.15, 0.2) is 8.32 Å². The Kier molecular flexibility index (Phi) is 4.99. The molecule has 0 N–H and O–H groups in total. The van der Waals surface area contributed by atoms with Crippen molar-refractivity contribution in [2.24, 2.45) is 0 Å². The van der Waals surface area contributed by atoms with Crippen molar-refractivity contribution in [2.45, 2.75) is 57.8 Å². The van der Waals surface area contributed by atoms with Gasteiger partial charge in [-0.15, -0.1) is 0 Å². The highest BCUT2D eigenvalue weighted by atomic mass is 28.4. The molecule has 0 spiro atoms. The molecule has 0 aliphatic carbocycles. The minimum Gasteiger partial charge on any atom is -0.415 e. The second kappa shape index (κ2) is 6.43. The number of benzene rings is 1. The van der Waals surface area contributed by atoms with Crippen LogP contribution in [0.2, 0.25) is 18.1 Å². The maximum atomic E-state index is 8.92. The molecule has 2 rings (SSSR count). The summed E-state index contributed by atoms with van der Waals surface area (Å²) < 4.78 is 6.42. The Balaban J connectivity index is 2.03. The summed E-state index contributed by atoms with van der Waals surface area (Å²) in [7, 11) is -1.69. The van der Waals surface area contributed by atoms with Gasteiger partial charge in [0.25, 0.3) is 0 Å². The van der Waals surface area contributed by atoms with Gasteiger partial charge < -0.3 is 9.33 Å². The highest BCUT2D eigenvalue weighted by molar-refractivity contribution is 6.74. The van der Waals surface area contributed by atoms with Gasteiger partial charge in [0.1, 0.15) is 0 Å². The molecule has 0 amide bonds. The van der Waals surface area contributed by atoms with Crippen LogP contribution in [0, 0.1) is 11.3 Å². The van der Waals surface area contributed by atoms with Gasteiger partial charge in [-0.05, 0) is 55.2 Å². The molecule has 3 nitrogen and oxygen atoms in total. The SMILES string of the molecule is CC(C)(C)[Si](C)(C)OC[C@H]1CCCN1c1ccc(C#N)cc1. The van der Waals surface area contributed by atoms with Gasteiger partial charge >= 0.3 is 0 Å². The van der Waals surface area contributed by atoms with Crippen molar-refractivity contribution in [3.8, 4) is 6.07 Å². The summed E-state index contributed by atoms with van der Waals surface area (Å²) in [6.45, 7) is 13.4. The predicted octanol–water partition coefficient (Wildman–Crippen LogP) is 4.55. The molecule has 1 atom stereocenters. The molecule has 4 heteroatoms. The fourth-order valence-corrected chi connectivity index (χ4v) is 3.64. The zero-order valence-electron chi connectivity index (χ0n) is 14.5. The van der Waals surface area contributed by atoms with Crippen LogP contribution < -0.4 is 4.90 Å². The number of hydrogen-bond acceptors (Lipinski definition) is 3. The number of nitriles is 1. The molecule has 22 heavy (non-hydrogen) atoms. The van der Waals surface area contributed by atoms with Crippen LogP contribution >= 0.6 is 0 Å². The first kappa shape index (κ1) is 17.0. The first-order valence-corrected chi connectivity index (χ1v) is 11.1. The van der Waals surface area contributed by atoms with E-state index in [2.05, 4.69) is 57.0 Å². The molecule has 0 bridgehead atoms. The summed E-state index contributed by atoms with van der Waals surface area (Å²) in [4.78, 5) is 2.44. The first-order chi connectivity index (χ1) is 10.2. The van der Waals surface area contributed by atoms with Crippen LogP contribution in [-0.4, -0.2) is 27.5 Å². The topological polar surface area (TPSA) is 36.3 Å². The summed E-state index contributed by atoms with van der Waals surface area (Å²) in [6, 6.07) is 10.6. The van der Waals surface area contributed by atoms with Crippen LogP contribution in [0.25, 0.3) is 0 Å². The van der Waals surface area contributed by atoms with E-state index in [1.807, 2.05) is 12.1 Å². The van der Waals surface area contributed by atoms with E-state index in [0.717, 1.165) is 18.7 Å². The summed E-state index contributed by atoms with van der Waals surface area (Å²) in [6.07, 6.45) is 2.40. The van der Waals surface area contributed by atoms with E-state index >= 15 is 0 Å². The Bertz CT molecular complexity index is 540. The standard InChI is InChI=1S/C18H28N2OSi/c1-18(2,3)22(4,5)21-14-17-7-6-12-20(17)16-10-8-15(13-19)9-11-16/h8-11,17H,6-7,12,14H2,1-5H3/t17-/m1/s1. The molecule has 1 saturated heterocycles. The third-order valence-electron chi connectivity index (χ3n) is 5.15. The molecule has 1 aromatic rings. The maximum absolute atomic E-state index is 8.92. The maximum Gasteiger partial charge on any atom is 0.192 e.